The first-order valence-corrected chi connectivity index (χ1v) is 7.92. The van der Waals surface area contributed by atoms with Crippen LogP contribution < -0.4 is 4.74 Å². The van der Waals surface area contributed by atoms with Crippen molar-refractivity contribution >= 4 is 11.5 Å². The molecule has 2 heterocycles. The highest BCUT2D eigenvalue weighted by molar-refractivity contribution is 5.60. The second-order valence-corrected chi connectivity index (χ2v) is 6.02. The van der Waals surface area contributed by atoms with Crippen LogP contribution in [0.4, 0.5) is 5.82 Å². The van der Waals surface area contributed by atoms with Crippen LogP contribution >= 0.6 is 0 Å². The summed E-state index contributed by atoms with van der Waals surface area (Å²) in [6, 6.07) is 11.6. The summed E-state index contributed by atoms with van der Waals surface area (Å²) >= 11 is 0. The van der Waals surface area contributed by atoms with E-state index in [1.165, 1.54) is 5.56 Å². The number of hydrogen-bond donors (Lipinski definition) is 1. The number of aliphatic hydroxyl groups excluding tert-OH is 1. The van der Waals surface area contributed by atoms with Gasteiger partial charge >= 0.3 is 0 Å². The van der Waals surface area contributed by atoms with Crippen molar-refractivity contribution in [2.24, 2.45) is 5.18 Å². The highest BCUT2D eigenvalue weighted by atomic mass is 16.5. The Kier molecular flexibility index (Phi) is 3.54. The molecule has 0 fully saturated rings. The summed E-state index contributed by atoms with van der Waals surface area (Å²) in [5.41, 5.74) is 3.26. The standard InChI is InChI=1S/C18H17N3O3/c1-11-17(20-23)21-10-4-7-15(18(21)19-11)24-16-13-6-3-2-5-12(13)8-9-14(16)22/h2-7,10,14,16,22H,8-9H2,1H3/t14-,16-/m1/s1. The van der Waals surface area contributed by atoms with Gasteiger partial charge in [0.05, 0.1) is 11.8 Å². The number of nitrogens with zero attached hydrogens (tertiary/aromatic N) is 3. The Morgan fingerprint density at radius 2 is 2.12 bits per heavy atom. The fourth-order valence-corrected chi connectivity index (χ4v) is 3.33. The Hall–Kier alpha value is -2.73. The lowest BCUT2D eigenvalue weighted by atomic mass is 9.87. The minimum absolute atomic E-state index is 0.264. The monoisotopic (exact) mass is 323 g/mol. The van der Waals surface area contributed by atoms with Crippen LogP contribution in [0.3, 0.4) is 0 Å². The Morgan fingerprint density at radius 3 is 2.96 bits per heavy atom. The van der Waals surface area contributed by atoms with Crippen LogP contribution in [0.5, 0.6) is 5.75 Å². The van der Waals surface area contributed by atoms with E-state index in [1.807, 2.05) is 18.2 Å². The molecule has 2 aromatic heterocycles. The summed E-state index contributed by atoms with van der Waals surface area (Å²) in [5, 5.41) is 13.5. The summed E-state index contributed by atoms with van der Waals surface area (Å²) < 4.78 is 7.75. The molecule has 1 aliphatic carbocycles. The lowest BCUT2D eigenvalue weighted by Crippen LogP contribution is -2.29. The van der Waals surface area contributed by atoms with Crippen LogP contribution in [0.25, 0.3) is 5.65 Å². The van der Waals surface area contributed by atoms with Gasteiger partial charge in [-0.05, 0) is 48.2 Å². The molecule has 2 atom stereocenters. The van der Waals surface area contributed by atoms with Gasteiger partial charge in [-0.25, -0.2) is 4.98 Å². The Bertz CT molecular complexity index is 919. The summed E-state index contributed by atoms with van der Waals surface area (Å²) in [7, 11) is 0. The molecule has 0 radical (unpaired) electrons. The number of hydrogen-bond acceptors (Lipinski definition) is 5. The first-order chi connectivity index (χ1) is 11.7. The molecular formula is C18H17N3O3. The van der Waals surface area contributed by atoms with Crippen molar-refractivity contribution in [1.29, 1.82) is 0 Å². The van der Waals surface area contributed by atoms with Gasteiger partial charge in [-0.1, -0.05) is 24.3 Å². The van der Waals surface area contributed by atoms with Gasteiger partial charge in [-0.15, -0.1) is 4.91 Å². The minimum atomic E-state index is -0.583. The third-order valence-electron chi connectivity index (χ3n) is 4.52. The molecule has 1 N–H and O–H groups in total. The number of ether oxygens (including phenoxy) is 1. The van der Waals surface area contributed by atoms with Crippen LogP contribution in [0, 0.1) is 11.8 Å². The van der Waals surface area contributed by atoms with Gasteiger partial charge in [0.1, 0.15) is 6.10 Å². The van der Waals surface area contributed by atoms with E-state index >= 15 is 0 Å². The lowest BCUT2D eigenvalue weighted by molar-refractivity contribution is 0.0234. The van der Waals surface area contributed by atoms with Crippen molar-refractivity contribution in [3.63, 3.8) is 0 Å². The van der Waals surface area contributed by atoms with Gasteiger partial charge in [0, 0.05) is 6.20 Å². The zero-order valence-electron chi connectivity index (χ0n) is 13.2. The largest absolute Gasteiger partial charge is 0.479 e. The Morgan fingerprint density at radius 1 is 1.29 bits per heavy atom. The maximum absolute atomic E-state index is 11.0. The van der Waals surface area contributed by atoms with Crippen LogP contribution in [0.15, 0.2) is 47.8 Å². The molecule has 0 spiro atoms. The normalized spacial score (nSPS) is 19.9. The fourth-order valence-electron chi connectivity index (χ4n) is 3.33. The minimum Gasteiger partial charge on any atom is -0.479 e. The topological polar surface area (TPSA) is 76.2 Å². The number of aryl methyl sites for hydroxylation is 2. The maximum atomic E-state index is 11.0. The lowest BCUT2D eigenvalue weighted by Gasteiger charge is -2.30. The Labute approximate surface area is 138 Å². The number of benzene rings is 1. The molecule has 1 aromatic carbocycles. The maximum Gasteiger partial charge on any atom is 0.204 e. The quantitative estimate of drug-likeness (QED) is 0.749. The highest BCUT2D eigenvalue weighted by Crippen LogP contribution is 2.36. The summed E-state index contributed by atoms with van der Waals surface area (Å²) in [4.78, 5) is 15.4. The SMILES string of the molecule is Cc1nc2c(O[C@@H]3c4ccccc4CC[C@H]3O)cccn2c1N=O. The summed E-state index contributed by atoms with van der Waals surface area (Å²) in [5.74, 6) is 0.788. The molecule has 6 nitrogen and oxygen atoms in total. The molecular weight excluding hydrogens is 306 g/mol. The smallest absolute Gasteiger partial charge is 0.204 e. The zero-order valence-corrected chi connectivity index (χ0v) is 13.2. The van der Waals surface area contributed by atoms with Gasteiger partial charge in [-0.2, -0.15) is 0 Å². The number of fused-ring (bicyclic) bond motifs is 2. The van der Waals surface area contributed by atoms with Gasteiger partial charge in [0.2, 0.25) is 5.82 Å². The van der Waals surface area contributed by atoms with Crippen LogP contribution in [-0.4, -0.2) is 20.6 Å². The Balaban J connectivity index is 1.79. The number of nitroso groups, excluding NO2 is 1. The molecule has 0 amide bonds. The van der Waals surface area contributed by atoms with E-state index in [4.69, 9.17) is 4.74 Å². The molecule has 6 heteroatoms. The average molecular weight is 323 g/mol. The fraction of sp³-hybridized carbons (Fsp3) is 0.278. The van der Waals surface area contributed by atoms with E-state index in [0.29, 0.717) is 23.5 Å². The molecule has 0 saturated heterocycles. The first kappa shape index (κ1) is 14.8. The highest BCUT2D eigenvalue weighted by Gasteiger charge is 2.30. The van der Waals surface area contributed by atoms with E-state index in [2.05, 4.69) is 16.2 Å². The number of aliphatic hydroxyl groups is 1. The molecule has 0 aliphatic heterocycles. The van der Waals surface area contributed by atoms with Gasteiger partial charge in [-0.3, -0.25) is 4.40 Å². The van der Waals surface area contributed by atoms with Gasteiger partial charge < -0.3 is 9.84 Å². The van der Waals surface area contributed by atoms with Crippen molar-refractivity contribution in [2.75, 3.05) is 0 Å². The third kappa shape index (κ3) is 2.27. The van der Waals surface area contributed by atoms with Crippen molar-refractivity contribution in [3.8, 4) is 5.75 Å². The summed E-state index contributed by atoms with van der Waals surface area (Å²) in [6.07, 6.45) is 2.18. The van der Waals surface area contributed by atoms with Crippen molar-refractivity contribution < 1.29 is 9.84 Å². The number of aromatic nitrogens is 2. The predicted molar refractivity (Wildman–Crippen MR) is 89.5 cm³/mol. The van der Waals surface area contributed by atoms with Crippen LogP contribution in [-0.2, 0) is 6.42 Å². The molecule has 0 saturated carbocycles. The van der Waals surface area contributed by atoms with Gasteiger partial charge in [0.15, 0.2) is 11.4 Å². The number of imidazole rings is 1. The molecule has 24 heavy (non-hydrogen) atoms. The molecule has 0 bridgehead atoms. The number of pyridine rings is 1. The first-order valence-electron chi connectivity index (χ1n) is 7.92. The van der Waals surface area contributed by atoms with Crippen molar-refractivity contribution in [2.45, 2.75) is 32.0 Å². The van der Waals surface area contributed by atoms with E-state index in [-0.39, 0.29) is 5.82 Å². The van der Waals surface area contributed by atoms with Crippen LogP contribution in [0.2, 0.25) is 0 Å². The summed E-state index contributed by atoms with van der Waals surface area (Å²) in [6.45, 7) is 1.73. The predicted octanol–water partition coefficient (Wildman–Crippen LogP) is 3.47. The van der Waals surface area contributed by atoms with E-state index in [0.717, 1.165) is 12.0 Å². The van der Waals surface area contributed by atoms with Crippen LogP contribution in [0.1, 0.15) is 29.3 Å². The second kappa shape index (κ2) is 5.72. The van der Waals surface area contributed by atoms with Crippen molar-refractivity contribution in [3.05, 3.63) is 64.3 Å². The average Bonchev–Trinajstić information content (AvgIpc) is 2.93. The molecule has 1 aliphatic rings. The number of rotatable bonds is 3. The molecule has 4 rings (SSSR count). The van der Waals surface area contributed by atoms with E-state index in [9.17, 15) is 10.0 Å². The van der Waals surface area contributed by atoms with E-state index in [1.54, 1.807) is 29.7 Å². The van der Waals surface area contributed by atoms with E-state index < -0.39 is 12.2 Å². The molecule has 3 aromatic rings. The zero-order chi connectivity index (χ0) is 16.7. The second-order valence-electron chi connectivity index (χ2n) is 6.02. The molecule has 0 unspecified atom stereocenters. The van der Waals surface area contributed by atoms with Gasteiger partial charge in [0.25, 0.3) is 0 Å². The third-order valence-corrected chi connectivity index (χ3v) is 4.52. The molecule has 122 valence electrons. The van der Waals surface area contributed by atoms with Crippen molar-refractivity contribution in [1.82, 2.24) is 9.38 Å².